The first-order chi connectivity index (χ1) is 7.37. The quantitative estimate of drug-likeness (QED) is 0.472. The van der Waals surface area contributed by atoms with Crippen LogP contribution >= 0.6 is 38.5 Å². The van der Waals surface area contributed by atoms with E-state index in [0.717, 1.165) is 6.07 Å². The van der Waals surface area contributed by atoms with E-state index in [1.807, 2.05) is 0 Å². The second kappa shape index (κ2) is 5.50. The molecule has 1 N–H and O–H groups in total. The maximum atomic E-state index is 12.0. The van der Waals surface area contributed by atoms with Crippen LogP contribution in [0.2, 0.25) is 0 Å². The van der Waals surface area contributed by atoms with Crippen LogP contribution in [0.1, 0.15) is 11.3 Å². The molecule has 1 heterocycles. The fourth-order valence-corrected chi connectivity index (χ4v) is 2.04. The van der Waals surface area contributed by atoms with Crippen LogP contribution in [0.15, 0.2) is 6.07 Å². The van der Waals surface area contributed by atoms with Crippen molar-refractivity contribution in [2.75, 3.05) is 0 Å². The predicted molar refractivity (Wildman–Crippen MR) is 62.2 cm³/mol. The van der Waals surface area contributed by atoms with E-state index in [2.05, 4.69) is 25.7 Å². The summed E-state index contributed by atoms with van der Waals surface area (Å²) >= 11 is 4.77. The standard InChI is InChI=1S/C8H6BrF3INO2/c9-2-5-4(3-15)1-6(7(13)14-5)16-8(10,11)12/h1,15H,2-3H2. The topological polar surface area (TPSA) is 42.4 Å². The Kier molecular flexibility index (Phi) is 4.80. The Morgan fingerprint density at radius 3 is 2.56 bits per heavy atom. The fraction of sp³-hybridized carbons (Fsp3) is 0.375. The molecule has 0 saturated heterocycles. The molecule has 0 aliphatic carbocycles. The Morgan fingerprint density at radius 1 is 1.50 bits per heavy atom. The molecule has 8 heteroatoms. The number of ether oxygens (including phenoxy) is 1. The van der Waals surface area contributed by atoms with Crippen molar-refractivity contribution in [1.29, 1.82) is 0 Å². The number of aliphatic hydroxyl groups excluding tert-OH is 1. The lowest BCUT2D eigenvalue weighted by atomic mass is 10.2. The van der Waals surface area contributed by atoms with Crippen molar-refractivity contribution in [3.05, 3.63) is 21.0 Å². The predicted octanol–water partition coefficient (Wildman–Crippen LogP) is 2.97. The van der Waals surface area contributed by atoms with Crippen LogP contribution in [0.5, 0.6) is 5.75 Å². The van der Waals surface area contributed by atoms with Crippen LogP contribution in [-0.2, 0) is 11.9 Å². The molecule has 0 aromatic carbocycles. The number of hydrogen-bond acceptors (Lipinski definition) is 3. The summed E-state index contributed by atoms with van der Waals surface area (Å²) in [7, 11) is 0. The number of nitrogens with zero attached hydrogens (tertiary/aromatic N) is 1. The Balaban J connectivity index is 3.11. The molecule has 0 aliphatic rings. The molecule has 1 rings (SSSR count). The van der Waals surface area contributed by atoms with E-state index >= 15 is 0 Å². The molecular weight excluding hydrogens is 406 g/mol. The first-order valence-electron chi connectivity index (χ1n) is 3.98. The van der Waals surface area contributed by atoms with Crippen LogP contribution in [0.3, 0.4) is 0 Å². The van der Waals surface area contributed by atoms with E-state index in [0.29, 0.717) is 16.6 Å². The van der Waals surface area contributed by atoms with Gasteiger partial charge in [-0.3, -0.25) is 0 Å². The number of alkyl halides is 4. The van der Waals surface area contributed by atoms with Crippen molar-refractivity contribution >= 4 is 38.5 Å². The van der Waals surface area contributed by atoms with Gasteiger partial charge in [0.2, 0.25) is 0 Å². The zero-order chi connectivity index (χ0) is 12.3. The largest absolute Gasteiger partial charge is 0.573 e. The highest BCUT2D eigenvalue weighted by atomic mass is 127. The van der Waals surface area contributed by atoms with Crippen molar-refractivity contribution in [2.24, 2.45) is 0 Å². The van der Waals surface area contributed by atoms with Gasteiger partial charge in [-0.15, -0.1) is 13.2 Å². The lowest BCUT2D eigenvalue weighted by molar-refractivity contribution is -0.275. The Labute approximate surface area is 111 Å². The van der Waals surface area contributed by atoms with Gasteiger partial charge in [-0.2, -0.15) is 0 Å². The fourth-order valence-electron chi connectivity index (χ4n) is 0.995. The van der Waals surface area contributed by atoms with Crippen LogP contribution in [0.25, 0.3) is 0 Å². The van der Waals surface area contributed by atoms with Crippen molar-refractivity contribution in [3.8, 4) is 5.75 Å². The molecule has 16 heavy (non-hydrogen) atoms. The normalized spacial score (nSPS) is 11.6. The first-order valence-corrected chi connectivity index (χ1v) is 6.18. The molecule has 0 bridgehead atoms. The van der Waals surface area contributed by atoms with Gasteiger partial charge in [-0.25, -0.2) is 4.98 Å². The summed E-state index contributed by atoms with van der Waals surface area (Å²) in [4.78, 5) is 3.90. The van der Waals surface area contributed by atoms with Crippen molar-refractivity contribution in [1.82, 2.24) is 4.98 Å². The van der Waals surface area contributed by atoms with E-state index in [-0.39, 0.29) is 10.3 Å². The molecule has 1 aromatic rings. The number of pyridine rings is 1. The van der Waals surface area contributed by atoms with Gasteiger partial charge in [-0.05, 0) is 28.7 Å². The molecule has 0 aliphatic heterocycles. The lowest BCUT2D eigenvalue weighted by Crippen LogP contribution is -2.18. The van der Waals surface area contributed by atoms with Crippen LogP contribution < -0.4 is 4.74 Å². The SMILES string of the molecule is OCc1cc(OC(F)(F)F)c(I)nc1CBr. The molecule has 0 unspecified atom stereocenters. The zero-order valence-electron chi connectivity index (χ0n) is 7.68. The summed E-state index contributed by atoms with van der Waals surface area (Å²) in [6.45, 7) is -0.390. The van der Waals surface area contributed by atoms with Gasteiger partial charge in [-0.1, -0.05) is 15.9 Å². The van der Waals surface area contributed by atoms with Crippen molar-refractivity contribution in [2.45, 2.75) is 18.3 Å². The van der Waals surface area contributed by atoms with E-state index in [1.54, 1.807) is 22.6 Å². The first kappa shape index (κ1) is 14.0. The second-order valence-corrected chi connectivity index (χ2v) is 4.31. The number of aliphatic hydroxyl groups is 1. The number of rotatable bonds is 3. The van der Waals surface area contributed by atoms with Gasteiger partial charge >= 0.3 is 6.36 Å². The molecule has 0 saturated carbocycles. The minimum Gasteiger partial charge on any atom is -0.403 e. The molecule has 0 fully saturated rings. The molecule has 0 amide bonds. The summed E-state index contributed by atoms with van der Waals surface area (Å²) < 4.78 is 39.9. The van der Waals surface area contributed by atoms with E-state index in [1.165, 1.54) is 0 Å². The molecule has 0 spiro atoms. The highest BCUT2D eigenvalue weighted by molar-refractivity contribution is 14.1. The highest BCUT2D eigenvalue weighted by Gasteiger charge is 2.32. The Bertz CT molecular complexity index is 386. The van der Waals surface area contributed by atoms with E-state index in [4.69, 9.17) is 5.11 Å². The molecule has 3 nitrogen and oxygen atoms in total. The zero-order valence-corrected chi connectivity index (χ0v) is 11.4. The van der Waals surface area contributed by atoms with Gasteiger partial charge < -0.3 is 9.84 Å². The maximum absolute atomic E-state index is 12.0. The highest BCUT2D eigenvalue weighted by Crippen LogP contribution is 2.29. The average Bonchev–Trinajstić information content (AvgIpc) is 2.18. The summed E-state index contributed by atoms with van der Waals surface area (Å²) in [5, 5.41) is 9.32. The van der Waals surface area contributed by atoms with Gasteiger partial charge in [0.25, 0.3) is 0 Å². The number of aromatic nitrogens is 1. The number of halogens is 5. The molecule has 0 radical (unpaired) electrons. The third-order valence-electron chi connectivity index (χ3n) is 1.64. The van der Waals surface area contributed by atoms with Crippen LogP contribution in [-0.4, -0.2) is 16.5 Å². The minimum atomic E-state index is -4.76. The van der Waals surface area contributed by atoms with Crippen molar-refractivity contribution in [3.63, 3.8) is 0 Å². The van der Waals surface area contributed by atoms with Gasteiger partial charge in [0, 0.05) is 10.9 Å². The van der Waals surface area contributed by atoms with Crippen molar-refractivity contribution < 1.29 is 23.0 Å². The van der Waals surface area contributed by atoms with Crippen LogP contribution in [0, 0.1) is 3.70 Å². The number of hydrogen-bond donors (Lipinski definition) is 1. The summed E-state index contributed by atoms with van der Waals surface area (Å²) in [5.74, 6) is -0.401. The van der Waals surface area contributed by atoms with Gasteiger partial charge in [0.1, 0.15) is 3.70 Å². The lowest BCUT2D eigenvalue weighted by Gasteiger charge is -2.12. The minimum absolute atomic E-state index is 0.0987. The summed E-state index contributed by atoms with van der Waals surface area (Å²) in [6, 6.07) is 1.14. The Hall–Kier alpha value is -0.0900. The maximum Gasteiger partial charge on any atom is 0.573 e. The van der Waals surface area contributed by atoms with Gasteiger partial charge in [0.15, 0.2) is 5.75 Å². The molecular formula is C8H6BrF3INO2. The third-order valence-corrected chi connectivity index (χ3v) is 2.94. The van der Waals surface area contributed by atoms with E-state index in [9.17, 15) is 13.2 Å². The molecule has 1 aromatic heterocycles. The average molecular weight is 412 g/mol. The summed E-state index contributed by atoms with van der Waals surface area (Å²) in [5.41, 5.74) is 0.790. The smallest absolute Gasteiger partial charge is 0.403 e. The van der Waals surface area contributed by atoms with E-state index < -0.39 is 12.1 Å². The second-order valence-electron chi connectivity index (χ2n) is 2.72. The Morgan fingerprint density at radius 2 is 2.12 bits per heavy atom. The third kappa shape index (κ3) is 3.74. The molecule has 0 atom stereocenters. The van der Waals surface area contributed by atoms with Gasteiger partial charge in [0.05, 0.1) is 12.3 Å². The summed E-state index contributed by atoms with van der Waals surface area (Å²) in [6.07, 6.45) is -4.76. The monoisotopic (exact) mass is 411 g/mol. The molecule has 90 valence electrons. The van der Waals surface area contributed by atoms with Crippen LogP contribution in [0.4, 0.5) is 13.2 Å².